The van der Waals surface area contributed by atoms with Crippen molar-refractivity contribution in [3.63, 3.8) is 0 Å². The molecule has 1 amide bonds. The van der Waals surface area contributed by atoms with Gasteiger partial charge in [-0.25, -0.2) is 0 Å². The Kier molecular flexibility index (Phi) is 4.51. The first-order valence-electron chi connectivity index (χ1n) is 6.22. The summed E-state index contributed by atoms with van der Waals surface area (Å²) in [7, 11) is 0. The Morgan fingerprint density at radius 1 is 1.40 bits per heavy atom. The minimum Gasteiger partial charge on any atom is -0.435 e. The van der Waals surface area contributed by atoms with Crippen molar-refractivity contribution >= 4 is 11.6 Å². The number of alkyl halides is 2. The molecule has 7 heteroatoms. The quantitative estimate of drug-likeness (QED) is 0.884. The Balaban J connectivity index is 2.03. The van der Waals surface area contributed by atoms with E-state index in [4.69, 9.17) is 10.5 Å². The summed E-state index contributed by atoms with van der Waals surface area (Å²) >= 11 is 0. The van der Waals surface area contributed by atoms with Crippen LogP contribution in [0.25, 0.3) is 0 Å². The summed E-state index contributed by atoms with van der Waals surface area (Å²) < 4.78 is 33.7. The zero-order valence-electron chi connectivity index (χ0n) is 10.8. The van der Waals surface area contributed by atoms with E-state index in [1.165, 1.54) is 18.2 Å². The van der Waals surface area contributed by atoms with Crippen LogP contribution in [0.4, 0.5) is 14.5 Å². The third-order valence-electron chi connectivity index (χ3n) is 3.15. The fourth-order valence-corrected chi connectivity index (χ4v) is 1.97. The second kappa shape index (κ2) is 6.15. The number of hydrogen-bond donors (Lipinski definition) is 2. The van der Waals surface area contributed by atoms with Crippen molar-refractivity contribution in [3.05, 3.63) is 24.3 Å². The van der Waals surface area contributed by atoms with E-state index in [9.17, 15) is 13.6 Å². The van der Waals surface area contributed by atoms with Gasteiger partial charge in [-0.05, 0) is 25.0 Å². The first-order chi connectivity index (χ1) is 9.49. The number of ether oxygens (including phenoxy) is 2. The molecule has 0 atom stereocenters. The van der Waals surface area contributed by atoms with Gasteiger partial charge < -0.3 is 20.5 Å². The molecule has 1 aliphatic heterocycles. The third-order valence-corrected chi connectivity index (χ3v) is 3.15. The van der Waals surface area contributed by atoms with Crippen molar-refractivity contribution in [2.24, 2.45) is 5.73 Å². The van der Waals surface area contributed by atoms with Crippen LogP contribution in [0.3, 0.4) is 0 Å². The molecule has 0 radical (unpaired) electrons. The average Bonchev–Trinajstić information content (AvgIpc) is 2.39. The van der Waals surface area contributed by atoms with E-state index in [1.807, 2.05) is 0 Å². The average molecular weight is 286 g/mol. The molecule has 20 heavy (non-hydrogen) atoms. The van der Waals surface area contributed by atoms with Gasteiger partial charge in [0.2, 0.25) is 5.91 Å². The van der Waals surface area contributed by atoms with Crippen LogP contribution in [-0.4, -0.2) is 31.3 Å². The predicted molar refractivity (Wildman–Crippen MR) is 68.7 cm³/mol. The first kappa shape index (κ1) is 14.7. The Labute approximate surface area is 115 Å². The summed E-state index contributed by atoms with van der Waals surface area (Å²) in [5.74, 6) is -0.370. The number of hydrogen-bond acceptors (Lipinski definition) is 4. The van der Waals surface area contributed by atoms with Crippen LogP contribution in [0.15, 0.2) is 24.3 Å². The largest absolute Gasteiger partial charge is 0.435 e. The van der Waals surface area contributed by atoms with Crippen molar-refractivity contribution in [1.29, 1.82) is 0 Å². The van der Waals surface area contributed by atoms with Crippen LogP contribution in [-0.2, 0) is 9.53 Å². The van der Waals surface area contributed by atoms with E-state index < -0.39 is 12.2 Å². The van der Waals surface area contributed by atoms with Gasteiger partial charge >= 0.3 is 6.61 Å². The van der Waals surface area contributed by atoms with E-state index in [0.717, 1.165) is 0 Å². The lowest BCUT2D eigenvalue weighted by Gasteiger charge is -2.31. The number of nitrogens with two attached hydrogens (primary N) is 1. The number of carbonyl (C=O) groups excluding carboxylic acids is 1. The standard InChI is InChI=1S/C13H16F2N2O3/c14-12(15)20-10-3-1-2-9(8-10)17-11(18)13(16)4-6-19-7-5-13/h1-3,8,12H,4-7,16H2,(H,17,18). The third kappa shape index (κ3) is 3.64. The summed E-state index contributed by atoms with van der Waals surface area (Å²) in [6.45, 7) is -2.05. The topological polar surface area (TPSA) is 73.6 Å². The van der Waals surface area contributed by atoms with Crippen molar-refractivity contribution < 1.29 is 23.0 Å². The van der Waals surface area contributed by atoms with Crippen LogP contribution in [0.1, 0.15) is 12.8 Å². The minimum absolute atomic E-state index is 0.0177. The molecule has 2 rings (SSSR count). The molecule has 5 nitrogen and oxygen atoms in total. The highest BCUT2D eigenvalue weighted by atomic mass is 19.3. The smallest absolute Gasteiger partial charge is 0.387 e. The molecule has 1 aromatic carbocycles. The molecule has 0 aliphatic carbocycles. The molecule has 1 saturated heterocycles. The zero-order valence-corrected chi connectivity index (χ0v) is 10.8. The number of halogens is 2. The number of benzene rings is 1. The summed E-state index contributed by atoms with van der Waals surface area (Å²) in [4.78, 5) is 12.1. The molecule has 0 unspecified atom stereocenters. The molecule has 0 spiro atoms. The van der Waals surface area contributed by atoms with Crippen molar-refractivity contribution in [1.82, 2.24) is 0 Å². The maximum Gasteiger partial charge on any atom is 0.387 e. The van der Waals surface area contributed by atoms with Crippen molar-refractivity contribution in [3.8, 4) is 5.75 Å². The molecule has 0 saturated carbocycles. The molecule has 1 heterocycles. The predicted octanol–water partition coefficient (Wildman–Crippen LogP) is 1.73. The Hall–Kier alpha value is -1.73. The normalized spacial score (nSPS) is 17.8. The number of nitrogens with one attached hydrogen (secondary N) is 1. The van der Waals surface area contributed by atoms with Crippen molar-refractivity contribution in [2.75, 3.05) is 18.5 Å². The molecular weight excluding hydrogens is 270 g/mol. The SMILES string of the molecule is NC1(C(=O)Nc2cccc(OC(F)F)c2)CCOCC1. The highest BCUT2D eigenvalue weighted by Gasteiger charge is 2.35. The number of carbonyl (C=O) groups is 1. The maximum absolute atomic E-state index is 12.1. The molecule has 0 aromatic heterocycles. The number of amides is 1. The van der Waals surface area contributed by atoms with E-state index in [2.05, 4.69) is 10.1 Å². The Morgan fingerprint density at radius 2 is 2.10 bits per heavy atom. The Morgan fingerprint density at radius 3 is 2.75 bits per heavy atom. The van der Waals surface area contributed by atoms with Gasteiger partial charge in [-0.2, -0.15) is 8.78 Å². The highest BCUT2D eigenvalue weighted by Crippen LogP contribution is 2.23. The van der Waals surface area contributed by atoms with Crippen molar-refractivity contribution in [2.45, 2.75) is 25.0 Å². The maximum atomic E-state index is 12.1. The highest BCUT2D eigenvalue weighted by molar-refractivity contribution is 5.98. The molecule has 3 N–H and O–H groups in total. The molecular formula is C13H16F2N2O3. The second-order valence-corrected chi connectivity index (χ2v) is 4.63. The van der Waals surface area contributed by atoms with Crippen LogP contribution < -0.4 is 15.8 Å². The van der Waals surface area contributed by atoms with Gasteiger partial charge in [0.1, 0.15) is 11.3 Å². The minimum atomic E-state index is -2.91. The van der Waals surface area contributed by atoms with Gasteiger partial charge in [0, 0.05) is 25.0 Å². The van der Waals surface area contributed by atoms with Gasteiger partial charge in [-0.3, -0.25) is 4.79 Å². The number of anilines is 1. The van der Waals surface area contributed by atoms with E-state index in [0.29, 0.717) is 31.7 Å². The monoisotopic (exact) mass is 286 g/mol. The van der Waals surface area contributed by atoms with Crippen LogP contribution in [0, 0.1) is 0 Å². The van der Waals surface area contributed by atoms with Gasteiger partial charge in [0.05, 0.1) is 0 Å². The van der Waals surface area contributed by atoms with E-state index >= 15 is 0 Å². The lowest BCUT2D eigenvalue weighted by Crippen LogP contribution is -2.54. The van der Waals surface area contributed by atoms with E-state index in [1.54, 1.807) is 6.07 Å². The molecule has 1 fully saturated rings. The molecule has 1 aliphatic rings. The lowest BCUT2D eigenvalue weighted by molar-refractivity contribution is -0.124. The molecule has 0 bridgehead atoms. The Bertz CT molecular complexity index is 476. The first-order valence-corrected chi connectivity index (χ1v) is 6.22. The lowest BCUT2D eigenvalue weighted by atomic mass is 9.90. The number of rotatable bonds is 4. The summed E-state index contributed by atoms with van der Waals surface area (Å²) in [6.07, 6.45) is 0.845. The summed E-state index contributed by atoms with van der Waals surface area (Å²) in [6, 6.07) is 5.81. The molecule has 1 aromatic rings. The molecule has 110 valence electrons. The summed E-state index contributed by atoms with van der Waals surface area (Å²) in [5, 5.41) is 2.62. The fraction of sp³-hybridized carbons (Fsp3) is 0.462. The van der Waals surface area contributed by atoms with Crippen LogP contribution in [0.5, 0.6) is 5.75 Å². The summed E-state index contributed by atoms with van der Waals surface area (Å²) in [5.41, 5.74) is 5.40. The van der Waals surface area contributed by atoms with Gasteiger partial charge in [-0.1, -0.05) is 6.07 Å². The van der Waals surface area contributed by atoms with Gasteiger partial charge in [0.15, 0.2) is 0 Å². The van der Waals surface area contributed by atoms with Gasteiger partial charge in [-0.15, -0.1) is 0 Å². The van der Waals surface area contributed by atoms with Crippen LogP contribution in [0.2, 0.25) is 0 Å². The fourth-order valence-electron chi connectivity index (χ4n) is 1.97. The van der Waals surface area contributed by atoms with Gasteiger partial charge in [0.25, 0.3) is 0 Å². The second-order valence-electron chi connectivity index (χ2n) is 4.63. The van der Waals surface area contributed by atoms with Crippen LogP contribution >= 0.6 is 0 Å². The zero-order chi connectivity index (χ0) is 14.6. The van der Waals surface area contributed by atoms with E-state index in [-0.39, 0.29) is 11.7 Å².